The third kappa shape index (κ3) is 2.62. The number of halogens is 1. The minimum absolute atomic E-state index is 0.00125. The van der Waals surface area contributed by atoms with E-state index in [4.69, 9.17) is 21.1 Å². The zero-order valence-corrected chi connectivity index (χ0v) is 13.1. The Balaban J connectivity index is 1.76. The van der Waals surface area contributed by atoms with Gasteiger partial charge in [0.2, 0.25) is 0 Å². The van der Waals surface area contributed by atoms with Crippen LogP contribution in [-0.4, -0.2) is 43.2 Å². The number of methoxy groups -OCH3 is 1. The molecule has 0 aromatic heterocycles. The third-order valence-electron chi connectivity index (χ3n) is 4.52. The number of carbonyl (C=O) groups excluding carboxylic acids is 1. The zero-order chi connectivity index (χ0) is 15.0. The van der Waals surface area contributed by atoms with Gasteiger partial charge in [0, 0.05) is 25.1 Å². The number of fused-ring (bicyclic) bond motifs is 2. The molecule has 3 rings (SSSR count). The van der Waals surface area contributed by atoms with Crippen molar-refractivity contribution in [2.75, 3.05) is 20.3 Å². The van der Waals surface area contributed by atoms with E-state index in [-0.39, 0.29) is 11.9 Å². The summed E-state index contributed by atoms with van der Waals surface area (Å²) >= 11 is 6.18. The average Bonchev–Trinajstić information content (AvgIpc) is 3.07. The van der Waals surface area contributed by atoms with E-state index < -0.39 is 0 Å². The summed E-state index contributed by atoms with van der Waals surface area (Å²) in [5, 5.41) is 0.477. The van der Waals surface area contributed by atoms with Crippen LogP contribution in [0.3, 0.4) is 0 Å². The number of hydrogen-bond donors (Lipinski definition) is 0. The van der Waals surface area contributed by atoms with E-state index in [1.54, 1.807) is 25.3 Å². The number of piperidine rings is 1. The molecule has 1 amide bonds. The maximum Gasteiger partial charge on any atom is 0.255 e. The highest BCUT2D eigenvalue weighted by Gasteiger charge is 2.47. The molecule has 1 heterocycles. The number of hydrogen-bond acceptors (Lipinski definition) is 3. The lowest BCUT2D eigenvalue weighted by molar-refractivity contribution is 0.00755. The smallest absolute Gasteiger partial charge is 0.255 e. The molecule has 3 atom stereocenters. The van der Waals surface area contributed by atoms with Crippen LogP contribution in [-0.2, 0) is 4.74 Å². The molecule has 1 saturated carbocycles. The van der Waals surface area contributed by atoms with Crippen molar-refractivity contribution in [1.29, 1.82) is 0 Å². The highest BCUT2D eigenvalue weighted by Crippen LogP contribution is 2.40. The van der Waals surface area contributed by atoms with E-state index in [1.807, 2.05) is 11.8 Å². The molecular weight excluding hydrogens is 290 g/mol. The van der Waals surface area contributed by atoms with Gasteiger partial charge in [0.05, 0.1) is 23.8 Å². The second-order valence-corrected chi connectivity index (χ2v) is 6.09. The Morgan fingerprint density at radius 1 is 1.43 bits per heavy atom. The van der Waals surface area contributed by atoms with Gasteiger partial charge in [0.15, 0.2) is 0 Å². The Morgan fingerprint density at radius 3 is 2.86 bits per heavy atom. The van der Waals surface area contributed by atoms with Gasteiger partial charge in [-0.2, -0.15) is 0 Å². The van der Waals surface area contributed by atoms with Crippen LogP contribution in [0.25, 0.3) is 0 Å². The van der Waals surface area contributed by atoms with Crippen LogP contribution in [0.15, 0.2) is 18.2 Å². The Morgan fingerprint density at radius 2 is 2.24 bits per heavy atom. The van der Waals surface area contributed by atoms with Gasteiger partial charge in [-0.15, -0.1) is 0 Å². The second kappa shape index (κ2) is 5.85. The van der Waals surface area contributed by atoms with E-state index in [1.165, 1.54) is 0 Å². The molecule has 5 heteroatoms. The molecule has 2 unspecified atom stereocenters. The lowest BCUT2D eigenvalue weighted by atomic mass is 10.0. The molecule has 2 fully saturated rings. The van der Waals surface area contributed by atoms with Crippen LogP contribution >= 0.6 is 11.6 Å². The van der Waals surface area contributed by atoms with Crippen molar-refractivity contribution in [2.45, 2.75) is 31.9 Å². The Bertz CT molecular complexity index is 548. The summed E-state index contributed by atoms with van der Waals surface area (Å²) in [6.07, 6.45) is 2.29. The first-order chi connectivity index (χ1) is 10.1. The first kappa shape index (κ1) is 14.7. The van der Waals surface area contributed by atoms with Crippen LogP contribution in [0, 0.1) is 5.92 Å². The van der Waals surface area contributed by atoms with Crippen molar-refractivity contribution < 1.29 is 14.3 Å². The van der Waals surface area contributed by atoms with E-state index >= 15 is 0 Å². The maximum absolute atomic E-state index is 12.7. The number of ether oxygens (including phenoxy) is 2. The molecule has 1 aliphatic carbocycles. The van der Waals surface area contributed by atoms with Crippen molar-refractivity contribution in [2.24, 2.45) is 5.92 Å². The van der Waals surface area contributed by atoms with Gasteiger partial charge >= 0.3 is 0 Å². The second-order valence-electron chi connectivity index (χ2n) is 5.68. The summed E-state index contributed by atoms with van der Waals surface area (Å²) < 4.78 is 10.9. The molecule has 1 aliphatic heterocycles. The van der Waals surface area contributed by atoms with Gasteiger partial charge in [-0.1, -0.05) is 11.6 Å². The first-order valence-electron chi connectivity index (χ1n) is 7.40. The number of benzene rings is 1. The number of amides is 1. The molecule has 114 valence electrons. The normalized spacial score (nSPS) is 27.2. The Hall–Kier alpha value is -1.26. The summed E-state index contributed by atoms with van der Waals surface area (Å²) in [6, 6.07) is 5.48. The molecule has 21 heavy (non-hydrogen) atoms. The molecule has 2 bridgehead atoms. The van der Waals surface area contributed by atoms with Crippen LogP contribution in [0.1, 0.15) is 30.1 Å². The average molecular weight is 310 g/mol. The topological polar surface area (TPSA) is 38.8 Å². The Labute approximate surface area is 130 Å². The lowest BCUT2D eigenvalue weighted by Crippen LogP contribution is -2.42. The largest absolute Gasteiger partial charge is 0.497 e. The third-order valence-corrected chi connectivity index (χ3v) is 4.85. The fourth-order valence-corrected chi connectivity index (χ4v) is 3.72. The molecule has 1 aromatic rings. The van der Waals surface area contributed by atoms with Crippen molar-refractivity contribution in [3.8, 4) is 5.75 Å². The first-order valence-corrected chi connectivity index (χ1v) is 7.78. The predicted octanol–water partition coefficient (Wildman–Crippen LogP) is 2.99. The number of carbonyl (C=O) groups is 1. The highest BCUT2D eigenvalue weighted by atomic mass is 35.5. The minimum Gasteiger partial charge on any atom is -0.497 e. The molecule has 0 radical (unpaired) electrons. The summed E-state index contributed by atoms with van der Waals surface area (Å²) in [5.41, 5.74) is 0.525. The molecule has 4 nitrogen and oxygen atoms in total. The standard InChI is InChI=1S/C16H20ClNO3/c1-3-21-15-7-11-6-10(15)9-18(11)16(19)13-8-12(20-2)4-5-14(13)17/h4-5,8,10-11,15H,3,6-7,9H2,1-2H3/t10?,11?,15-/m0/s1. The molecule has 1 saturated heterocycles. The maximum atomic E-state index is 12.7. The summed E-state index contributed by atoms with van der Waals surface area (Å²) in [4.78, 5) is 14.7. The molecule has 1 aromatic carbocycles. The van der Waals surface area contributed by atoms with Crippen molar-refractivity contribution in [3.05, 3.63) is 28.8 Å². The van der Waals surface area contributed by atoms with Crippen LogP contribution in [0.4, 0.5) is 0 Å². The zero-order valence-electron chi connectivity index (χ0n) is 12.3. The van der Waals surface area contributed by atoms with Gasteiger partial charge in [0.1, 0.15) is 5.75 Å². The van der Waals surface area contributed by atoms with Gasteiger partial charge < -0.3 is 14.4 Å². The number of nitrogens with zero attached hydrogens (tertiary/aromatic N) is 1. The van der Waals surface area contributed by atoms with E-state index in [0.717, 1.165) is 26.0 Å². The van der Waals surface area contributed by atoms with Gasteiger partial charge in [-0.25, -0.2) is 0 Å². The number of likely N-dealkylation sites (tertiary alicyclic amines) is 1. The van der Waals surface area contributed by atoms with E-state index in [0.29, 0.717) is 28.4 Å². The fourth-order valence-electron chi connectivity index (χ4n) is 3.52. The molecule has 0 N–H and O–H groups in total. The monoisotopic (exact) mass is 309 g/mol. The highest BCUT2D eigenvalue weighted by molar-refractivity contribution is 6.33. The SMILES string of the molecule is CCO[C@H]1CC2CC1CN2C(=O)c1cc(OC)ccc1Cl. The number of rotatable bonds is 4. The lowest BCUT2D eigenvalue weighted by Gasteiger charge is -2.31. The summed E-state index contributed by atoms with van der Waals surface area (Å²) in [7, 11) is 1.59. The van der Waals surface area contributed by atoms with Crippen molar-refractivity contribution in [1.82, 2.24) is 4.90 Å². The van der Waals surface area contributed by atoms with Crippen molar-refractivity contribution in [3.63, 3.8) is 0 Å². The quantitative estimate of drug-likeness (QED) is 0.858. The van der Waals surface area contributed by atoms with Crippen LogP contribution in [0.5, 0.6) is 5.75 Å². The molecule has 2 aliphatic rings. The van der Waals surface area contributed by atoms with Crippen molar-refractivity contribution >= 4 is 17.5 Å². The van der Waals surface area contributed by atoms with Gasteiger partial charge in [-0.05, 0) is 38.0 Å². The van der Waals surface area contributed by atoms with Gasteiger partial charge in [0.25, 0.3) is 5.91 Å². The van der Waals surface area contributed by atoms with E-state index in [9.17, 15) is 4.79 Å². The van der Waals surface area contributed by atoms with E-state index in [2.05, 4.69) is 0 Å². The minimum atomic E-state index is 0.00125. The Kier molecular flexibility index (Phi) is 4.09. The summed E-state index contributed by atoms with van der Waals surface area (Å²) in [6.45, 7) is 3.52. The van der Waals surface area contributed by atoms with Crippen LogP contribution < -0.4 is 4.74 Å². The molecular formula is C16H20ClNO3. The fraction of sp³-hybridized carbons (Fsp3) is 0.562. The van der Waals surface area contributed by atoms with Crippen LogP contribution in [0.2, 0.25) is 5.02 Å². The van der Waals surface area contributed by atoms with Gasteiger partial charge in [-0.3, -0.25) is 4.79 Å². The summed E-state index contributed by atoms with van der Waals surface area (Å²) in [5.74, 6) is 1.11. The molecule has 0 spiro atoms. The predicted molar refractivity (Wildman–Crippen MR) is 81.0 cm³/mol.